The molecule has 2 aromatic rings. The van der Waals surface area contributed by atoms with Crippen LogP contribution in [0.4, 0.5) is 11.8 Å². The summed E-state index contributed by atoms with van der Waals surface area (Å²) in [6.45, 7) is 7.36. The third-order valence-electron chi connectivity index (χ3n) is 4.97. The molecule has 0 atom stereocenters. The van der Waals surface area contributed by atoms with E-state index >= 15 is 0 Å². The highest BCUT2D eigenvalue weighted by Gasteiger charge is 2.13. The van der Waals surface area contributed by atoms with E-state index in [1.54, 1.807) is 0 Å². The zero-order valence-corrected chi connectivity index (χ0v) is 17.0. The van der Waals surface area contributed by atoms with Gasteiger partial charge in [-0.15, -0.1) is 0 Å². The maximum Gasteiger partial charge on any atom is 0.224 e. The van der Waals surface area contributed by atoms with Crippen LogP contribution in [-0.2, 0) is 11.2 Å². The number of hydrogen-bond acceptors (Lipinski definition) is 5. The number of rotatable bonds is 8. The Kier molecular flexibility index (Phi) is 7.23. The van der Waals surface area contributed by atoms with Crippen LogP contribution in [0.5, 0.6) is 0 Å². The minimum atomic E-state index is 0.0717. The van der Waals surface area contributed by atoms with Crippen molar-refractivity contribution in [2.45, 2.75) is 46.0 Å². The van der Waals surface area contributed by atoms with E-state index in [0.717, 1.165) is 31.0 Å². The Morgan fingerprint density at radius 3 is 2.68 bits per heavy atom. The zero-order chi connectivity index (χ0) is 19.8. The number of carbonyl (C=O) groups is 1. The lowest BCUT2D eigenvalue weighted by Gasteiger charge is -2.28. The maximum absolute atomic E-state index is 12.1. The summed E-state index contributed by atoms with van der Waals surface area (Å²) in [5.74, 6) is 1.70. The van der Waals surface area contributed by atoms with Gasteiger partial charge in [-0.1, -0.05) is 29.8 Å². The summed E-state index contributed by atoms with van der Waals surface area (Å²) in [6, 6.07) is 10.3. The average molecular weight is 382 g/mol. The van der Waals surface area contributed by atoms with Gasteiger partial charge in [-0.2, -0.15) is 4.98 Å². The first-order valence-corrected chi connectivity index (χ1v) is 10.3. The minimum Gasteiger partial charge on any atom is -0.356 e. The van der Waals surface area contributed by atoms with Gasteiger partial charge in [0, 0.05) is 44.4 Å². The summed E-state index contributed by atoms with van der Waals surface area (Å²) in [6.07, 6.45) is 5.01. The van der Waals surface area contributed by atoms with Crippen LogP contribution in [0.3, 0.4) is 0 Å². The fraction of sp³-hybridized carbons (Fsp3) is 0.500. The molecule has 3 rings (SSSR count). The Labute approximate surface area is 167 Å². The van der Waals surface area contributed by atoms with Crippen LogP contribution >= 0.6 is 0 Å². The molecule has 0 unspecified atom stereocenters. The molecule has 1 aromatic carbocycles. The fourth-order valence-corrected chi connectivity index (χ4v) is 3.51. The maximum atomic E-state index is 12.1. The van der Waals surface area contributed by atoms with E-state index in [2.05, 4.69) is 50.6 Å². The van der Waals surface area contributed by atoms with E-state index in [1.807, 2.05) is 19.1 Å². The quantitative estimate of drug-likeness (QED) is 0.687. The van der Waals surface area contributed by atoms with E-state index in [1.165, 1.54) is 30.4 Å². The Balaban J connectivity index is 1.41. The van der Waals surface area contributed by atoms with Gasteiger partial charge in [0.2, 0.25) is 11.9 Å². The molecule has 1 saturated heterocycles. The molecule has 150 valence electrons. The first-order valence-electron chi connectivity index (χ1n) is 10.3. The minimum absolute atomic E-state index is 0.0717. The Morgan fingerprint density at radius 2 is 1.89 bits per heavy atom. The number of piperidine rings is 1. The molecule has 1 fully saturated rings. The number of nitrogens with zero attached hydrogens (tertiary/aromatic N) is 3. The zero-order valence-electron chi connectivity index (χ0n) is 17.0. The predicted molar refractivity (Wildman–Crippen MR) is 114 cm³/mol. The number of nitrogens with one attached hydrogen (secondary N) is 2. The Hall–Kier alpha value is -2.63. The molecule has 1 aliphatic rings. The second-order valence-electron chi connectivity index (χ2n) is 7.50. The monoisotopic (exact) mass is 381 g/mol. The highest BCUT2D eigenvalue weighted by Crippen LogP contribution is 2.19. The van der Waals surface area contributed by atoms with Gasteiger partial charge in [0.25, 0.3) is 0 Å². The van der Waals surface area contributed by atoms with Crippen LogP contribution in [0.2, 0.25) is 0 Å². The molecular weight excluding hydrogens is 350 g/mol. The van der Waals surface area contributed by atoms with Crippen molar-refractivity contribution in [2.75, 3.05) is 36.4 Å². The summed E-state index contributed by atoms with van der Waals surface area (Å²) < 4.78 is 0. The fourth-order valence-electron chi connectivity index (χ4n) is 3.51. The van der Waals surface area contributed by atoms with Crippen molar-refractivity contribution in [1.29, 1.82) is 0 Å². The lowest BCUT2D eigenvalue weighted by Crippen LogP contribution is -2.31. The van der Waals surface area contributed by atoms with Gasteiger partial charge >= 0.3 is 0 Å². The van der Waals surface area contributed by atoms with Crippen LogP contribution in [0.25, 0.3) is 0 Å². The normalized spacial score (nSPS) is 14.0. The number of amides is 1. The van der Waals surface area contributed by atoms with E-state index in [9.17, 15) is 4.79 Å². The van der Waals surface area contributed by atoms with Crippen LogP contribution < -0.4 is 15.5 Å². The SMILES string of the molecule is Cc1cccc(CCC(=O)NCCNc2nc(C)cc(N3CCCCC3)n2)c1. The molecule has 6 nitrogen and oxygen atoms in total. The van der Waals surface area contributed by atoms with Crippen LogP contribution in [0, 0.1) is 13.8 Å². The average Bonchev–Trinajstić information content (AvgIpc) is 2.70. The molecule has 1 aliphatic heterocycles. The van der Waals surface area contributed by atoms with Gasteiger partial charge in [0.05, 0.1) is 0 Å². The summed E-state index contributed by atoms with van der Waals surface area (Å²) in [4.78, 5) is 23.5. The first-order chi connectivity index (χ1) is 13.6. The standard InChI is InChI=1S/C22H31N5O/c1-17-7-6-8-19(15-17)9-10-21(28)23-11-12-24-22-25-18(2)16-20(26-22)27-13-4-3-5-14-27/h6-8,15-16H,3-5,9-14H2,1-2H3,(H,23,28)(H,24,25,26). The first kappa shape index (κ1) is 20.1. The number of hydrogen-bond donors (Lipinski definition) is 2. The molecule has 1 amide bonds. The lowest BCUT2D eigenvalue weighted by atomic mass is 10.1. The second-order valence-corrected chi connectivity index (χ2v) is 7.50. The number of aryl methyl sites for hydroxylation is 3. The molecule has 2 heterocycles. The van der Waals surface area contributed by atoms with Gasteiger partial charge in [-0.3, -0.25) is 4.79 Å². The summed E-state index contributed by atoms with van der Waals surface area (Å²) in [5, 5.41) is 6.20. The Morgan fingerprint density at radius 1 is 1.07 bits per heavy atom. The topological polar surface area (TPSA) is 70.2 Å². The second kappa shape index (κ2) is 10.1. The van der Waals surface area contributed by atoms with Gasteiger partial charge in [-0.05, 0) is 45.1 Å². The van der Waals surface area contributed by atoms with Crippen molar-refractivity contribution in [3.8, 4) is 0 Å². The van der Waals surface area contributed by atoms with Crippen LogP contribution in [-0.4, -0.2) is 42.1 Å². The number of benzene rings is 1. The molecule has 6 heteroatoms. The number of carbonyl (C=O) groups excluding carboxylic acids is 1. The molecule has 0 saturated carbocycles. The smallest absolute Gasteiger partial charge is 0.224 e. The largest absolute Gasteiger partial charge is 0.356 e. The van der Waals surface area contributed by atoms with E-state index < -0.39 is 0 Å². The predicted octanol–water partition coefficient (Wildman–Crippen LogP) is 3.24. The van der Waals surface area contributed by atoms with Crippen molar-refractivity contribution in [3.63, 3.8) is 0 Å². The number of anilines is 2. The molecule has 0 aliphatic carbocycles. The van der Waals surface area contributed by atoms with Gasteiger partial charge in [-0.25, -0.2) is 4.98 Å². The third kappa shape index (κ3) is 6.22. The van der Waals surface area contributed by atoms with E-state index in [-0.39, 0.29) is 5.91 Å². The molecule has 0 spiro atoms. The molecule has 0 bridgehead atoms. The van der Waals surface area contributed by atoms with Crippen molar-refractivity contribution < 1.29 is 4.79 Å². The molecule has 28 heavy (non-hydrogen) atoms. The van der Waals surface area contributed by atoms with Crippen molar-refractivity contribution in [1.82, 2.24) is 15.3 Å². The molecule has 1 aromatic heterocycles. The Bertz CT molecular complexity index is 786. The lowest BCUT2D eigenvalue weighted by molar-refractivity contribution is -0.120. The number of aromatic nitrogens is 2. The highest BCUT2D eigenvalue weighted by atomic mass is 16.1. The van der Waals surface area contributed by atoms with E-state index in [4.69, 9.17) is 0 Å². The van der Waals surface area contributed by atoms with Crippen molar-refractivity contribution in [2.24, 2.45) is 0 Å². The van der Waals surface area contributed by atoms with Crippen LogP contribution in [0.1, 0.15) is 42.5 Å². The van der Waals surface area contributed by atoms with Gasteiger partial charge in [0.15, 0.2) is 0 Å². The molecule has 0 radical (unpaired) electrons. The van der Waals surface area contributed by atoms with E-state index in [0.29, 0.717) is 25.5 Å². The summed E-state index contributed by atoms with van der Waals surface area (Å²) in [7, 11) is 0. The van der Waals surface area contributed by atoms with Gasteiger partial charge in [0.1, 0.15) is 5.82 Å². The van der Waals surface area contributed by atoms with Crippen molar-refractivity contribution >= 4 is 17.7 Å². The van der Waals surface area contributed by atoms with Crippen molar-refractivity contribution in [3.05, 3.63) is 47.2 Å². The summed E-state index contributed by atoms with van der Waals surface area (Å²) >= 11 is 0. The van der Waals surface area contributed by atoms with Gasteiger partial charge < -0.3 is 15.5 Å². The third-order valence-corrected chi connectivity index (χ3v) is 4.97. The summed E-state index contributed by atoms with van der Waals surface area (Å²) in [5.41, 5.74) is 3.39. The molecule has 2 N–H and O–H groups in total. The van der Waals surface area contributed by atoms with Crippen LogP contribution in [0.15, 0.2) is 30.3 Å². The molecular formula is C22H31N5O. The highest BCUT2D eigenvalue weighted by molar-refractivity contribution is 5.76.